The second-order valence-electron chi connectivity index (χ2n) is 4.04. The van der Waals surface area contributed by atoms with Crippen LogP contribution in [0, 0.1) is 5.92 Å². The monoisotopic (exact) mass is 241 g/mol. The quantitative estimate of drug-likeness (QED) is 0.696. The van der Waals surface area contributed by atoms with E-state index in [1.54, 1.807) is 0 Å². The summed E-state index contributed by atoms with van der Waals surface area (Å²) in [5.74, 6) is -1.04. The van der Waals surface area contributed by atoms with Gasteiger partial charge in [-0.25, -0.2) is 4.63 Å². The molecule has 0 saturated carbocycles. The maximum atomic E-state index is 12.0. The fourth-order valence-electron chi connectivity index (χ4n) is 1.34. The summed E-state index contributed by atoms with van der Waals surface area (Å²) < 4.78 is 4.34. The fraction of sp³-hybridized carbons (Fsp3) is 0.556. The minimum Gasteiger partial charge on any atom is -0.379 e. The van der Waals surface area contributed by atoms with Crippen molar-refractivity contribution in [3.05, 3.63) is 5.69 Å². The first-order valence-electron chi connectivity index (χ1n) is 5.07. The Bertz CT molecular complexity index is 415. The number of anilines is 1. The van der Waals surface area contributed by atoms with Crippen LogP contribution in [0.15, 0.2) is 4.63 Å². The minimum absolute atomic E-state index is 0.103. The molecule has 4 N–H and O–H groups in total. The lowest BCUT2D eigenvalue weighted by Crippen LogP contribution is -2.41. The first-order valence-corrected chi connectivity index (χ1v) is 5.07. The summed E-state index contributed by atoms with van der Waals surface area (Å²) in [7, 11) is 0. The molecule has 1 aromatic rings. The van der Waals surface area contributed by atoms with Crippen molar-refractivity contribution in [2.24, 2.45) is 11.7 Å². The molecule has 1 rings (SSSR count). The molecule has 2 amide bonds. The average molecular weight is 241 g/mol. The number of nitrogen functional groups attached to an aromatic ring is 1. The molecule has 0 saturated heterocycles. The summed E-state index contributed by atoms with van der Waals surface area (Å²) in [4.78, 5) is 24.1. The van der Waals surface area contributed by atoms with Crippen molar-refractivity contribution in [3.63, 3.8) is 0 Å². The van der Waals surface area contributed by atoms with E-state index in [0.29, 0.717) is 6.54 Å². The van der Waals surface area contributed by atoms with Crippen molar-refractivity contribution in [1.82, 2.24) is 15.2 Å². The van der Waals surface area contributed by atoms with Gasteiger partial charge in [-0.05, 0) is 16.2 Å². The molecule has 17 heavy (non-hydrogen) atoms. The molecule has 0 unspecified atom stereocenters. The van der Waals surface area contributed by atoms with Gasteiger partial charge >= 0.3 is 0 Å². The van der Waals surface area contributed by atoms with Crippen molar-refractivity contribution in [2.45, 2.75) is 13.8 Å². The molecule has 0 aliphatic heterocycles. The minimum atomic E-state index is -0.603. The van der Waals surface area contributed by atoms with Gasteiger partial charge in [-0.15, -0.1) is 0 Å². The van der Waals surface area contributed by atoms with Crippen molar-refractivity contribution >= 4 is 17.6 Å². The second-order valence-corrected chi connectivity index (χ2v) is 4.04. The van der Waals surface area contributed by atoms with Gasteiger partial charge < -0.3 is 16.4 Å². The van der Waals surface area contributed by atoms with Crippen LogP contribution in [-0.4, -0.2) is 40.1 Å². The molecule has 94 valence electrons. The number of amides is 2. The topological polar surface area (TPSA) is 128 Å². The van der Waals surface area contributed by atoms with Gasteiger partial charge in [-0.2, -0.15) is 0 Å². The molecule has 0 aliphatic rings. The lowest BCUT2D eigenvalue weighted by molar-refractivity contribution is -0.118. The number of nitrogens with two attached hydrogens (primary N) is 2. The number of hydrogen-bond donors (Lipinski definition) is 2. The Morgan fingerprint density at radius 2 is 2.06 bits per heavy atom. The summed E-state index contributed by atoms with van der Waals surface area (Å²) in [5, 5.41) is 6.70. The van der Waals surface area contributed by atoms with Gasteiger partial charge in [0.15, 0.2) is 0 Å². The van der Waals surface area contributed by atoms with Gasteiger partial charge in [0.25, 0.3) is 5.91 Å². The lowest BCUT2D eigenvalue weighted by Gasteiger charge is -2.21. The number of nitrogens with zero attached hydrogens (tertiary/aromatic N) is 3. The fourth-order valence-corrected chi connectivity index (χ4v) is 1.34. The predicted molar refractivity (Wildman–Crippen MR) is 58.6 cm³/mol. The number of carbonyl (C=O) groups excluding carboxylic acids is 2. The molecule has 8 nitrogen and oxygen atoms in total. The van der Waals surface area contributed by atoms with Crippen molar-refractivity contribution in [2.75, 3.05) is 18.8 Å². The van der Waals surface area contributed by atoms with Crippen molar-refractivity contribution in [1.29, 1.82) is 0 Å². The third-order valence-electron chi connectivity index (χ3n) is 1.94. The van der Waals surface area contributed by atoms with Crippen LogP contribution in [0.2, 0.25) is 0 Å². The van der Waals surface area contributed by atoms with Gasteiger partial charge in [-0.3, -0.25) is 9.59 Å². The highest BCUT2D eigenvalue weighted by Crippen LogP contribution is 2.10. The Labute approximate surface area is 97.9 Å². The third kappa shape index (κ3) is 3.44. The molecule has 0 fully saturated rings. The molecule has 0 aliphatic carbocycles. The molecule has 0 spiro atoms. The van der Waals surface area contributed by atoms with E-state index in [2.05, 4.69) is 14.9 Å². The maximum Gasteiger partial charge on any atom is 0.280 e. The van der Waals surface area contributed by atoms with Crippen LogP contribution >= 0.6 is 0 Å². The Morgan fingerprint density at radius 1 is 1.41 bits per heavy atom. The molecular weight excluding hydrogens is 226 g/mol. The van der Waals surface area contributed by atoms with Crippen LogP contribution in [0.4, 0.5) is 5.82 Å². The summed E-state index contributed by atoms with van der Waals surface area (Å²) in [6.45, 7) is 3.99. The molecular formula is C9H15N5O3. The van der Waals surface area contributed by atoms with Gasteiger partial charge in [-0.1, -0.05) is 13.8 Å². The first kappa shape index (κ1) is 12.9. The summed E-state index contributed by atoms with van der Waals surface area (Å²) >= 11 is 0. The number of aromatic nitrogens is 2. The number of primary amides is 1. The molecule has 1 aromatic heterocycles. The van der Waals surface area contributed by atoms with E-state index in [1.807, 2.05) is 13.8 Å². The van der Waals surface area contributed by atoms with E-state index in [4.69, 9.17) is 11.5 Å². The summed E-state index contributed by atoms with van der Waals surface area (Å²) in [6.07, 6.45) is 0. The number of rotatable bonds is 5. The van der Waals surface area contributed by atoms with Crippen LogP contribution in [0.1, 0.15) is 24.3 Å². The largest absolute Gasteiger partial charge is 0.379 e. The number of hydrogen-bond acceptors (Lipinski definition) is 6. The van der Waals surface area contributed by atoms with Crippen molar-refractivity contribution in [3.8, 4) is 0 Å². The molecule has 8 heteroatoms. The molecule has 0 aromatic carbocycles. The van der Waals surface area contributed by atoms with Gasteiger partial charge in [0, 0.05) is 6.54 Å². The lowest BCUT2D eigenvalue weighted by atomic mass is 10.2. The van der Waals surface area contributed by atoms with Gasteiger partial charge in [0.1, 0.15) is 0 Å². The third-order valence-corrected chi connectivity index (χ3v) is 1.94. The molecule has 0 radical (unpaired) electrons. The standard InChI is InChI=1S/C9H15N5O3/c1-5(2)3-14(4-6(10)15)9(16)7-8(11)13-17-12-7/h5H,3-4H2,1-2H3,(H2,10,15)(H2,11,13). The van der Waals surface area contributed by atoms with E-state index in [9.17, 15) is 9.59 Å². The number of carbonyl (C=O) groups is 2. The van der Waals surface area contributed by atoms with E-state index in [1.165, 1.54) is 4.90 Å². The van der Waals surface area contributed by atoms with E-state index >= 15 is 0 Å². The van der Waals surface area contributed by atoms with Crippen molar-refractivity contribution < 1.29 is 14.2 Å². The van der Waals surface area contributed by atoms with Crippen LogP contribution in [-0.2, 0) is 4.79 Å². The van der Waals surface area contributed by atoms with E-state index < -0.39 is 11.8 Å². The second kappa shape index (κ2) is 5.28. The van der Waals surface area contributed by atoms with Crippen LogP contribution < -0.4 is 11.5 Å². The first-order chi connectivity index (χ1) is 7.91. The smallest absolute Gasteiger partial charge is 0.280 e. The maximum absolute atomic E-state index is 12.0. The predicted octanol–water partition coefficient (Wildman–Crippen LogP) is -0.765. The Kier molecular flexibility index (Phi) is 4.02. The Hall–Kier alpha value is -2.12. The van der Waals surface area contributed by atoms with Gasteiger partial charge in [0.2, 0.25) is 17.4 Å². The van der Waals surface area contributed by atoms with Crippen LogP contribution in [0.5, 0.6) is 0 Å². The van der Waals surface area contributed by atoms with Crippen LogP contribution in [0.25, 0.3) is 0 Å². The zero-order valence-corrected chi connectivity index (χ0v) is 9.71. The normalized spacial score (nSPS) is 10.5. The Balaban J connectivity index is 2.86. The highest BCUT2D eigenvalue weighted by molar-refractivity contribution is 5.97. The van der Waals surface area contributed by atoms with Crippen LogP contribution in [0.3, 0.4) is 0 Å². The molecule has 0 bridgehead atoms. The average Bonchev–Trinajstić information content (AvgIpc) is 2.61. The van der Waals surface area contributed by atoms with E-state index in [0.717, 1.165) is 0 Å². The zero-order valence-electron chi connectivity index (χ0n) is 9.71. The summed E-state index contributed by atoms with van der Waals surface area (Å²) in [5.41, 5.74) is 10.4. The molecule has 0 atom stereocenters. The summed E-state index contributed by atoms with van der Waals surface area (Å²) in [6, 6.07) is 0. The molecule has 1 heterocycles. The van der Waals surface area contributed by atoms with Gasteiger partial charge in [0.05, 0.1) is 6.54 Å². The zero-order chi connectivity index (χ0) is 13.0. The highest BCUT2D eigenvalue weighted by Gasteiger charge is 2.24. The highest BCUT2D eigenvalue weighted by atomic mass is 16.6. The Morgan fingerprint density at radius 3 is 2.47 bits per heavy atom. The van der Waals surface area contributed by atoms with E-state index in [-0.39, 0.29) is 24.0 Å². The SMILES string of the molecule is CC(C)CN(CC(N)=O)C(=O)c1nonc1N.